The summed E-state index contributed by atoms with van der Waals surface area (Å²) in [7, 11) is 0. The minimum Gasteiger partial charge on any atom is -0.381 e. The van der Waals surface area contributed by atoms with Crippen molar-refractivity contribution < 1.29 is 4.74 Å². The molecule has 3 heteroatoms. The summed E-state index contributed by atoms with van der Waals surface area (Å²) in [5.74, 6) is 0. The first kappa shape index (κ1) is 11.0. The molecule has 2 bridgehead atoms. The molecule has 0 amide bonds. The molecule has 3 saturated heterocycles. The van der Waals surface area contributed by atoms with Crippen LogP contribution in [-0.4, -0.2) is 42.3 Å². The minimum absolute atomic E-state index is 0.464. The molecule has 3 heterocycles. The molecule has 3 fully saturated rings. The van der Waals surface area contributed by atoms with Gasteiger partial charge in [-0.2, -0.15) is 0 Å². The maximum absolute atomic E-state index is 6.17. The fraction of sp³-hybridized carbons (Fsp3) is 1.00. The Bertz CT molecular complexity index is 219. The minimum atomic E-state index is 0.464. The van der Waals surface area contributed by atoms with E-state index in [4.69, 9.17) is 10.5 Å². The SMILES string of the molecule is NC1CC2CCCC(C1)N2C1CCOCC1. The largest absolute Gasteiger partial charge is 0.381 e. The zero-order chi connectivity index (χ0) is 11.0. The second-order valence-corrected chi connectivity index (χ2v) is 5.76. The first-order chi connectivity index (χ1) is 7.84. The first-order valence-corrected chi connectivity index (χ1v) is 6.95. The summed E-state index contributed by atoms with van der Waals surface area (Å²) >= 11 is 0. The van der Waals surface area contributed by atoms with Crippen molar-refractivity contribution in [3.05, 3.63) is 0 Å². The lowest BCUT2D eigenvalue weighted by molar-refractivity contribution is -0.0473. The quantitative estimate of drug-likeness (QED) is 0.734. The number of ether oxygens (including phenoxy) is 1. The lowest BCUT2D eigenvalue weighted by Gasteiger charge is -2.52. The van der Waals surface area contributed by atoms with Crippen LogP contribution in [0.15, 0.2) is 0 Å². The molecule has 92 valence electrons. The van der Waals surface area contributed by atoms with Gasteiger partial charge in [-0.05, 0) is 38.5 Å². The fourth-order valence-electron chi connectivity index (χ4n) is 4.04. The Hall–Kier alpha value is -0.120. The average molecular weight is 224 g/mol. The van der Waals surface area contributed by atoms with E-state index in [1.165, 1.54) is 44.9 Å². The highest BCUT2D eigenvalue weighted by Crippen LogP contribution is 2.36. The molecule has 3 aliphatic heterocycles. The lowest BCUT2D eigenvalue weighted by atomic mass is 9.80. The number of rotatable bonds is 1. The monoisotopic (exact) mass is 224 g/mol. The Labute approximate surface area is 98.3 Å². The Morgan fingerprint density at radius 1 is 0.875 bits per heavy atom. The van der Waals surface area contributed by atoms with Crippen molar-refractivity contribution in [3.8, 4) is 0 Å². The van der Waals surface area contributed by atoms with E-state index < -0.39 is 0 Å². The second-order valence-electron chi connectivity index (χ2n) is 5.76. The normalized spacial score (nSPS) is 42.2. The number of hydrogen-bond donors (Lipinski definition) is 1. The highest BCUT2D eigenvalue weighted by Gasteiger charge is 2.40. The molecular weight excluding hydrogens is 200 g/mol. The van der Waals surface area contributed by atoms with Crippen LogP contribution in [0.4, 0.5) is 0 Å². The van der Waals surface area contributed by atoms with Gasteiger partial charge in [-0.1, -0.05) is 6.42 Å². The van der Waals surface area contributed by atoms with E-state index in [9.17, 15) is 0 Å². The summed E-state index contributed by atoms with van der Waals surface area (Å²) in [6.45, 7) is 1.93. The van der Waals surface area contributed by atoms with Crippen LogP contribution in [0.25, 0.3) is 0 Å². The molecule has 0 aliphatic carbocycles. The van der Waals surface area contributed by atoms with Gasteiger partial charge in [-0.3, -0.25) is 4.90 Å². The predicted octanol–water partition coefficient (Wildman–Crippen LogP) is 1.51. The van der Waals surface area contributed by atoms with Crippen LogP contribution in [0, 0.1) is 0 Å². The zero-order valence-corrected chi connectivity index (χ0v) is 10.1. The van der Waals surface area contributed by atoms with E-state index in [0.29, 0.717) is 6.04 Å². The zero-order valence-electron chi connectivity index (χ0n) is 10.1. The van der Waals surface area contributed by atoms with Gasteiger partial charge in [0.05, 0.1) is 0 Å². The summed E-state index contributed by atoms with van der Waals surface area (Å²) in [6.07, 6.45) is 9.11. The van der Waals surface area contributed by atoms with Gasteiger partial charge in [-0.25, -0.2) is 0 Å². The molecule has 3 nitrogen and oxygen atoms in total. The van der Waals surface area contributed by atoms with Gasteiger partial charge in [0, 0.05) is 37.4 Å². The van der Waals surface area contributed by atoms with Gasteiger partial charge in [0.1, 0.15) is 0 Å². The molecule has 16 heavy (non-hydrogen) atoms. The fourth-order valence-corrected chi connectivity index (χ4v) is 4.04. The second kappa shape index (κ2) is 4.63. The van der Waals surface area contributed by atoms with Crippen molar-refractivity contribution in [1.82, 2.24) is 4.90 Å². The topological polar surface area (TPSA) is 38.5 Å². The molecule has 0 aromatic heterocycles. The van der Waals surface area contributed by atoms with Crippen molar-refractivity contribution in [3.63, 3.8) is 0 Å². The van der Waals surface area contributed by atoms with Crippen LogP contribution in [0.2, 0.25) is 0 Å². The van der Waals surface area contributed by atoms with Crippen LogP contribution in [0.5, 0.6) is 0 Å². The first-order valence-electron chi connectivity index (χ1n) is 6.95. The summed E-state index contributed by atoms with van der Waals surface area (Å²) in [5, 5.41) is 0. The third kappa shape index (κ3) is 2.01. The molecule has 0 spiro atoms. The van der Waals surface area contributed by atoms with Crippen LogP contribution in [0.1, 0.15) is 44.9 Å². The summed E-state index contributed by atoms with van der Waals surface area (Å²) in [5.41, 5.74) is 6.17. The molecule has 0 aromatic rings. The Balaban J connectivity index is 1.72. The van der Waals surface area contributed by atoms with Crippen LogP contribution in [-0.2, 0) is 4.74 Å². The third-order valence-corrected chi connectivity index (χ3v) is 4.68. The number of fused-ring (bicyclic) bond motifs is 2. The molecule has 3 aliphatic rings. The van der Waals surface area contributed by atoms with Gasteiger partial charge in [0.2, 0.25) is 0 Å². The molecule has 3 rings (SSSR count). The van der Waals surface area contributed by atoms with Crippen molar-refractivity contribution in [2.24, 2.45) is 5.73 Å². The highest BCUT2D eigenvalue weighted by atomic mass is 16.5. The van der Waals surface area contributed by atoms with Gasteiger partial charge in [0.25, 0.3) is 0 Å². The van der Waals surface area contributed by atoms with Crippen molar-refractivity contribution in [1.29, 1.82) is 0 Å². The molecule has 2 unspecified atom stereocenters. The van der Waals surface area contributed by atoms with Crippen molar-refractivity contribution >= 4 is 0 Å². The summed E-state index contributed by atoms with van der Waals surface area (Å²) < 4.78 is 5.48. The molecule has 2 atom stereocenters. The number of piperidine rings is 2. The van der Waals surface area contributed by atoms with E-state index in [1.54, 1.807) is 0 Å². The Morgan fingerprint density at radius 2 is 1.50 bits per heavy atom. The summed E-state index contributed by atoms with van der Waals surface area (Å²) in [4.78, 5) is 2.83. The van der Waals surface area contributed by atoms with Gasteiger partial charge in [-0.15, -0.1) is 0 Å². The Kier molecular flexibility index (Phi) is 3.18. The van der Waals surface area contributed by atoms with Gasteiger partial charge in [0.15, 0.2) is 0 Å². The lowest BCUT2D eigenvalue weighted by Crippen LogP contribution is -2.59. The predicted molar refractivity (Wildman–Crippen MR) is 64.3 cm³/mol. The molecule has 0 saturated carbocycles. The standard InChI is InChI=1S/C13H24N2O/c14-10-8-12-2-1-3-13(9-10)15(12)11-4-6-16-7-5-11/h10-13H,1-9,14H2. The van der Waals surface area contributed by atoms with E-state index in [-0.39, 0.29) is 0 Å². The smallest absolute Gasteiger partial charge is 0.0480 e. The molecule has 0 radical (unpaired) electrons. The van der Waals surface area contributed by atoms with E-state index in [1.807, 2.05) is 0 Å². The maximum Gasteiger partial charge on any atom is 0.0480 e. The van der Waals surface area contributed by atoms with Crippen LogP contribution < -0.4 is 5.73 Å². The molecular formula is C13H24N2O. The molecule has 2 N–H and O–H groups in total. The maximum atomic E-state index is 6.17. The average Bonchev–Trinajstić information content (AvgIpc) is 2.29. The third-order valence-electron chi connectivity index (χ3n) is 4.68. The van der Waals surface area contributed by atoms with Crippen LogP contribution >= 0.6 is 0 Å². The summed E-state index contributed by atoms with van der Waals surface area (Å²) in [6, 6.07) is 2.82. The van der Waals surface area contributed by atoms with E-state index >= 15 is 0 Å². The molecule has 0 aromatic carbocycles. The van der Waals surface area contributed by atoms with E-state index in [0.717, 1.165) is 31.3 Å². The van der Waals surface area contributed by atoms with Crippen molar-refractivity contribution in [2.75, 3.05) is 13.2 Å². The number of nitrogens with two attached hydrogens (primary N) is 1. The number of hydrogen-bond acceptors (Lipinski definition) is 3. The number of nitrogens with zero attached hydrogens (tertiary/aromatic N) is 1. The van der Waals surface area contributed by atoms with Crippen LogP contribution in [0.3, 0.4) is 0 Å². The van der Waals surface area contributed by atoms with E-state index in [2.05, 4.69) is 4.90 Å². The van der Waals surface area contributed by atoms with Gasteiger partial charge >= 0.3 is 0 Å². The Morgan fingerprint density at radius 3 is 2.12 bits per heavy atom. The van der Waals surface area contributed by atoms with Crippen molar-refractivity contribution in [2.45, 2.75) is 69.1 Å². The highest BCUT2D eigenvalue weighted by molar-refractivity contribution is 4.97. The van der Waals surface area contributed by atoms with Gasteiger partial charge < -0.3 is 10.5 Å².